The van der Waals surface area contributed by atoms with Gasteiger partial charge in [0.25, 0.3) is 0 Å². The molecule has 3 nitrogen and oxygen atoms in total. The minimum Gasteiger partial charge on any atom is -0.486 e. The highest BCUT2D eigenvalue weighted by Gasteiger charge is 2.24. The molecule has 0 aliphatic carbocycles. The topological polar surface area (TPSA) is 44.5 Å². The van der Waals surface area contributed by atoms with Crippen LogP contribution in [0.2, 0.25) is 5.02 Å². The third-order valence-corrected chi connectivity index (χ3v) is 3.18. The van der Waals surface area contributed by atoms with E-state index in [-0.39, 0.29) is 5.54 Å². The predicted molar refractivity (Wildman–Crippen MR) is 69.1 cm³/mol. The standard InChI is InChI=1S/C13H18ClNO2/c1-8-9(7-13(2,3)15)12-11(6-10(8)14)16-4-5-17-12/h6H,4-5,7,15H2,1-3H3. The van der Waals surface area contributed by atoms with Crippen LogP contribution in [-0.2, 0) is 6.42 Å². The predicted octanol–water partition coefficient (Wildman–Crippen LogP) is 2.70. The molecule has 0 atom stereocenters. The van der Waals surface area contributed by atoms with Gasteiger partial charge in [-0.3, -0.25) is 0 Å². The van der Waals surface area contributed by atoms with Crippen molar-refractivity contribution >= 4 is 11.6 Å². The normalized spacial score (nSPS) is 14.9. The van der Waals surface area contributed by atoms with Crippen LogP contribution in [0.1, 0.15) is 25.0 Å². The minimum atomic E-state index is -0.302. The first-order chi connectivity index (χ1) is 7.88. The molecule has 1 aromatic carbocycles. The van der Waals surface area contributed by atoms with Crippen molar-refractivity contribution in [1.29, 1.82) is 0 Å². The van der Waals surface area contributed by atoms with Gasteiger partial charge < -0.3 is 15.2 Å². The van der Waals surface area contributed by atoms with Gasteiger partial charge in [-0.2, -0.15) is 0 Å². The number of fused-ring (bicyclic) bond motifs is 1. The molecular weight excluding hydrogens is 238 g/mol. The maximum atomic E-state index is 6.20. The van der Waals surface area contributed by atoms with E-state index in [0.29, 0.717) is 24.7 Å². The molecule has 1 aliphatic heterocycles. The summed E-state index contributed by atoms with van der Waals surface area (Å²) in [6.07, 6.45) is 0.713. The Bertz CT molecular complexity index is 438. The summed E-state index contributed by atoms with van der Waals surface area (Å²) >= 11 is 6.20. The van der Waals surface area contributed by atoms with Gasteiger partial charge in [0.15, 0.2) is 11.5 Å². The fraction of sp³-hybridized carbons (Fsp3) is 0.538. The second-order valence-corrected chi connectivity index (χ2v) is 5.56. The molecule has 0 amide bonds. The van der Waals surface area contributed by atoms with E-state index < -0.39 is 0 Å². The Hall–Kier alpha value is -0.930. The largest absolute Gasteiger partial charge is 0.486 e. The van der Waals surface area contributed by atoms with Gasteiger partial charge in [-0.05, 0) is 32.8 Å². The lowest BCUT2D eigenvalue weighted by Gasteiger charge is -2.27. The number of hydrogen-bond acceptors (Lipinski definition) is 3. The van der Waals surface area contributed by atoms with Crippen LogP contribution in [-0.4, -0.2) is 18.8 Å². The number of rotatable bonds is 2. The Balaban J connectivity index is 2.51. The van der Waals surface area contributed by atoms with Crippen molar-refractivity contribution in [1.82, 2.24) is 0 Å². The average molecular weight is 256 g/mol. The minimum absolute atomic E-state index is 0.302. The SMILES string of the molecule is Cc1c(Cl)cc2c(c1CC(C)(C)N)OCCO2. The van der Waals surface area contributed by atoms with Crippen molar-refractivity contribution in [3.8, 4) is 11.5 Å². The molecule has 1 aromatic rings. The Kier molecular flexibility index (Phi) is 3.23. The van der Waals surface area contributed by atoms with Gasteiger partial charge in [-0.25, -0.2) is 0 Å². The summed E-state index contributed by atoms with van der Waals surface area (Å²) in [5.74, 6) is 1.53. The molecule has 0 aromatic heterocycles. The van der Waals surface area contributed by atoms with Gasteiger partial charge in [0.05, 0.1) is 0 Å². The van der Waals surface area contributed by atoms with Crippen LogP contribution in [0.4, 0.5) is 0 Å². The highest BCUT2D eigenvalue weighted by atomic mass is 35.5. The maximum Gasteiger partial charge on any atom is 0.164 e. The van der Waals surface area contributed by atoms with Crippen LogP contribution < -0.4 is 15.2 Å². The lowest BCUT2D eigenvalue weighted by molar-refractivity contribution is 0.169. The van der Waals surface area contributed by atoms with E-state index in [1.807, 2.05) is 26.8 Å². The summed E-state index contributed by atoms with van der Waals surface area (Å²) in [4.78, 5) is 0. The molecule has 1 heterocycles. The van der Waals surface area contributed by atoms with E-state index in [1.54, 1.807) is 0 Å². The van der Waals surface area contributed by atoms with Crippen LogP contribution in [0.25, 0.3) is 0 Å². The van der Waals surface area contributed by atoms with Gasteiger partial charge in [-0.15, -0.1) is 0 Å². The summed E-state index contributed by atoms with van der Waals surface area (Å²) in [5, 5.41) is 0.702. The summed E-state index contributed by atoms with van der Waals surface area (Å²) in [5.41, 5.74) is 7.86. The first kappa shape index (κ1) is 12.5. The van der Waals surface area contributed by atoms with E-state index in [2.05, 4.69) is 0 Å². The number of hydrogen-bond donors (Lipinski definition) is 1. The lowest BCUT2D eigenvalue weighted by Crippen LogP contribution is -2.35. The number of nitrogens with two attached hydrogens (primary N) is 1. The quantitative estimate of drug-likeness (QED) is 0.884. The van der Waals surface area contributed by atoms with Crippen LogP contribution in [0.15, 0.2) is 6.07 Å². The molecule has 0 bridgehead atoms. The molecule has 0 spiro atoms. The van der Waals surface area contributed by atoms with Crippen molar-refractivity contribution in [2.24, 2.45) is 5.73 Å². The Morgan fingerprint density at radius 3 is 2.65 bits per heavy atom. The zero-order valence-electron chi connectivity index (χ0n) is 10.5. The zero-order valence-corrected chi connectivity index (χ0v) is 11.2. The Labute approximate surface area is 107 Å². The van der Waals surface area contributed by atoms with E-state index in [9.17, 15) is 0 Å². The van der Waals surface area contributed by atoms with E-state index >= 15 is 0 Å². The van der Waals surface area contributed by atoms with E-state index in [4.69, 9.17) is 26.8 Å². The smallest absolute Gasteiger partial charge is 0.164 e. The van der Waals surface area contributed by atoms with Gasteiger partial charge in [0, 0.05) is 22.2 Å². The third kappa shape index (κ3) is 2.67. The zero-order chi connectivity index (χ0) is 12.6. The maximum absolute atomic E-state index is 6.20. The van der Waals surface area contributed by atoms with Gasteiger partial charge >= 0.3 is 0 Å². The van der Waals surface area contributed by atoms with Crippen LogP contribution in [0, 0.1) is 6.92 Å². The average Bonchev–Trinajstić information content (AvgIpc) is 2.23. The molecular formula is C13H18ClNO2. The van der Waals surface area contributed by atoms with Crippen LogP contribution in [0.3, 0.4) is 0 Å². The van der Waals surface area contributed by atoms with Crippen molar-refractivity contribution in [2.75, 3.05) is 13.2 Å². The fourth-order valence-corrected chi connectivity index (χ4v) is 2.19. The third-order valence-electron chi connectivity index (χ3n) is 2.79. The Morgan fingerprint density at radius 2 is 2.00 bits per heavy atom. The van der Waals surface area contributed by atoms with Crippen molar-refractivity contribution < 1.29 is 9.47 Å². The van der Waals surface area contributed by atoms with Crippen LogP contribution >= 0.6 is 11.6 Å². The monoisotopic (exact) mass is 255 g/mol. The van der Waals surface area contributed by atoms with Crippen LogP contribution in [0.5, 0.6) is 11.5 Å². The first-order valence-electron chi connectivity index (χ1n) is 5.75. The highest BCUT2D eigenvalue weighted by molar-refractivity contribution is 6.31. The molecule has 1 aliphatic rings. The molecule has 17 heavy (non-hydrogen) atoms. The first-order valence-corrected chi connectivity index (χ1v) is 6.13. The van der Waals surface area contributed by atoms with E-state index in [0.717, 1.165) is 22.6 Å². The molecule has 0 saturated carbocycles. The molecule has 0 saturated heterocycles. The molecule has 2 N–H and O–H groups in total. The molecule has 0 radical (unpaired) electrons. The summed E-state index contributed by atoms with van der Waals surface area (Å²) in [7, 11) is 0. The second kappa shape index (κ2) is 4.39. The molecule has 0 unspecified atom stereocenters. The van der Waals surface area contributed by atoms with Gasteiger partial charge in [0.2, 0.25) is 0 Å². The molecule has 0 fully saturated rings. The highest BCUT2D eigenvalue weighted by Crippen LogP contribution is 2.40. The molecule has 2 rings (SSSR count). The number of ether oxygens (including phenoxy) is 2. The van der Waals surface area contributed by atoms with Gasteiger partial charge in [0.1, 0.15) is 13.2 Å². The molecule has 4 heteroatoms. The Morgan fingerprint density at radius 1 is 1.35 bits per heavy atom. The van der Waals surface area contributed by atoms with Crippen molar-refractivity contribution in [3.63, 3.8) is 0 Å². The van der Waals surface area contributed by atoms with E-state index in [1.165, 1.54) is 0 Å². The second-order valence-electron chi connectivity index (χ2n) is 5.15. The summed E-state index contributed by atoms with van der Waals surface area (Å²) < 4.78 is 11.3. The summed E-state index contributed by atoms with van der Waals surface area (Å²) in [6.45, 7) is 7.11. The molecule has 94 valence electrons. The summed E-state index contributed by atoms with van der Waals surface area (Å²) in [6, 6.07) is 1.82. The number of benzene rings is 1. The number of halogens is 1. The fourth-order valence-electron chi connectivity index (χ4n) is 1.98. The lowest BCUT2D eigenvalue weighted by atomic mass is 9.92. The van der Waals surface area contributed by atoms with Gasteiger partial charge in [-0.1, -0.05) is 11.6 Å². The van der Waals surface area contributed by atoms with Crippen molar-refractivity contribution in [2.45, 2.75) is 32.7 Å². The van der Waals surface area contributed by atoms with Crippen molar-refractivity contribution in [3.05, 3.63) is 22.2 Å².